The van der Waals surface area contributed by atoms with Gasteiger partial charge >= 0.3 is 0 Å². The summed E-state index contributed by atoms with van der Waals surface area (Å²) >= 11 is 0. The van der Waals surface area contributed by atoms with E-state index < -0.39 is 23.2 Å². The number of aliphatic hydroxyl groups is 1. The van der Waals surface area contributed by atoms with E-state index in [1.807, 2.05) is 0 Å². The molecule has 2 fully saturated rings. The first-order valence-electron chi connectivity index (χ1n) is 7.40. The van der Waals surface area contributed by atoms with Crippen molar-refractivity contribution >= 4 is 11.8 Å². The molecule has 2 saturated heterocycles. The van der Waals surface area contributed by atoms with E-state index in [0.717, 1.165) is 12.6 Å². The Kier molecular flexibility index (Phi) is 3.82. The van der Waals surface area contributed by atoms with Gasteiger partial charge in [0.25, 0.3) is 5.91 Å². The van der Waals surface area contributed by atoms with Crippen LogP contribution in [0.2, 0.25) is 0 Å². The van der Waals surface area contributed by atoms with Gasteiger partial charge in [0.1, 0.15) is 0 Å². The van der Waals surface area contributed by atoms with Crippen molar-refractivity contribution in [3.63, 3.8) is 0 Å². The van der Waals surface area contributed by atoms with Crippen LogP contribution in [0.1, 0.15) is 29.6 Å². The minimum Gasteiger partial charge on any atom is -0.392 e. The van der Waals surface area contributed by atoms with Gasteiger partial charge in [-0.15, -0.1) is 0 Å². The van der Waals surface area contributed by atoms with Crippen LogP contribution in [0.3, 0.4) is 0 Å². The first-order valence-corrected chi connectivity index (χ1v) is 7.40. The third-order valence-electron chi connectivity index (χ3n) is 4.61. The fraction of sp³-hybridized carbons (Fsp3) is 0.533. The van der Waals surface area contributed by atoms with Gasteiger partial charge in [-0.2, -0.15) is 0 Å². The van der Waals surface area contributed by atoms with Crippen LogP contribution >= 0.6 is 0 Å². The minimum absolute atomic E-state index is 0.0576. The molecule has 2 atom stereocenters. The Morgan fingerprint density at radius 1 is 1.55 bits per heavy atom. The number of aromatic nitrogens is 1. The third kappa shape index (κ3) is 2.35. The van der Waals surface area contributed by atoms with E-state index in [9.17, 15) is 19.1 Å². The first-order chi connectivity index (χ1) is 10.5. The highest BCUT2D eigenvalue weighted by Gasteiger charge is 2.50. The van der Waals surface area contributed by atoms with E-state index in [-0.39, 0.29) is 18.0 Å². The van der Waals surface area contributed by atoms with Crippen LogP contribution in [0.15, 0.2) is 18.5 Å². The topological polar surface area (TPSA) is 82.5 Å². The number of hydrogen-bond acceptors (Lipinski definition) is 4. The highest BCUT2D eigenvalue weighted by Crippen LogP contribution is 2.37. The highest BCUT2D eigenvalue weighted by atomic mass is 19.1. The first kappa shape index (κ1) is 14.9. The van der Waals surface area contributed by atoms with Gasteiger partial charge in [0.2, 0.25) is 5.91 Å². The SMILES string of the molecule is O=C(c1ccncc1F)N1CC[C@H](O)[C@@]2(CCCNC2=O)C1. The van der Waals surface area contributed by atoms with Crippen molar-refractivity contribution in [1.29, 1.82) is 0 Å². The zero-order chi connectivity index (χ0) is 15.7. The second kappa shape index (κ2) is 5.64. The summed E-state index contributed by atoms with van der Waals surface area (Å²) in [5.41, 5.74) is -1.03. The molecule has 0 radical (unpaired) electrons. The second-order valence-corrected chi connectivity index (χ2v) is 5.90. The highest BCUT2D eigenvalue weighted by molar-refractivity contribution is 5.95. The van der Waals surface area contributed by atoms with Crippen LogP contribution in [0.5, 0.6) is 0 Å². The van der Waals surface area contributed by atoms with Crippen LogP contribution in [0.4, 0.5) is 4.39 Å². The summed E-state index contributed by atoms with van der Waals surface area (Å²) in [4.78, 5) is 29.8. The van der Waals surface area contributed by atoms with Crippen LogP contribution in [0, 0.1) is 11.2 Å². The Bertz CT molecular complexity index is 609. The summed E-state index contributed by atoms with van der Waals surface area (Å²) in [5, 5.41) is 13.1. The van der Waals surface area contributed by atoms with E-state index in [4.69, 9.17) is 0 Å². The van der Waals surface area contributed by atoms with Gasteiger partial charge in [-0.05, 0) is 25.3 Å². The van der Waals surface area contributed by atoms with E-state index in [0.29, 0.717) is 25.9 Å². The number of pyridine rings is 1. The molecule has 2 aliphatic heterocycles. The molecule has 2 aliphatic rings. The summed E-state index contributed by atoms with van der Waals surface area (Å²) in [6.45, 7) is 0.998. The standard InChI is InChI=1S/C15H18FN3O3/c16-11-8-17-6-2-10(11)13(21)19-7-3-12(20)15(9-19)4-1-5-18-14(15)22/h2,6,8,12,20H,1,3-5,7,9H2,(H,18,22)/t12-,15+/m0/s1. The average Bonchev–Trinajstić information content (AvgIpc) is 2.52. The molecule has 2 amide bonds. The van der Waals surface area contributed by atoms with Gasteiger partial charge in [0, 0.05) is 25.8 Å². The lowest BCUT2D eigenvalue weighted by Crippen LogP contribution is -2.62. The van der Waals surface area contributed by atoms with Crippen molar-refractivity contribution in [2.24, 2.45) is 5.41 Å². The Labute approximate surface area is 127 Å². The number of likely N-dealkylation sites (tertiary alicyclic amines) is 1. The lowest BCUT2D eigenvalue weighted by atomic mass is 9.71. The molecule has 22 heavy (non-hydrogen) atoms. The summed E-state index contributed by atoms with van der Waals surface area (Å²) in [7, 11) is 0. The maximum Gasteiger partial charge on any atom is 0.256 e. The molecule has 1 aromatic rings. The van der Waals surface area contributed by atoms with Gasteiger partial charge < -0.3 is 15.3 Å². The Morgan fingerprint density at radius 2 is 2.36 bits per heavy atom. The van der Waals surface area contributed by atoms with E-state index >= 15 is 0 Å². The molecule has 0 saturated carbocycles. The molecule has 0 aromatic carbocycles. The Morgan fingerprint density at radius 3 is 3.09 bits per heavy atom. The zero-order valence-corrected chi connectivity index (χ0v) is 12.1. The average molecular weight is 307 g/mol. The molecule has 3 rings (SSSR count). The molecule has 118 valence electrons. The number of rotatable bonds is 1. The second-order valence-electron chi connectivity index (χ2n) is 5.90. The van der Waals surface area contributed by atoms with Crippen LogP contribution in [-0.4, -0.2) is 52.5 Å². The number of hydrogen-bond donors (Lipinski definition) is 2. The molecule has 3 heterocycles. The molecular weight excluding hydrogens is 289 g/mol. The predicted octanol–water partition coefficient (Wildman–Crippen LogP) is 0.324. The number of aliphatic hydroxyl groups excluding tert-OH is 1. The number of nitrogens with one attached hydrogen (secondary N) is 1. The smallest absolute Gasteiger partial charge is 0.256 e. The number of nitrogens with zero attached hydrogens (tertiary/aromatic N) is 2. The molecular formula is C15H18FN3O3. The quantitative estimate of drug-likeness (QED) is 0.783. The Balaban J connectivity index is 1.86. The van der Waals surface area contributed by atoms with E-state index in [2.05, 4.69) is 10.3 Å². The van der Waals surface area contributed by atoms with Crippen molar-refractivity contribution in [3.05, 3.63) is 29.8 Å². The number of carbonyl (C=O) groups is 2. The molecule has 2 N–H and O–H groups in total. The molecule has 1 aromatic heterocycles. The molecule has 1 spiro atoms. The van der Waals surface area contributed by atoms with Crippen molar-refractivity contribution in [2.75, 3.05) is 19.6 Å². The van der Waals surface area contributed by atoms with Gasteiger partial charge in [0.15, 0.2) is 5.82 Å². The molecule has 0 bridgehead atoms. The van der Waals surface area contributed by atoms with Crippen LogP contribution in [-0.2, 0) is 4.79 Å². The van der Waals surface area contributed by atoms with Gasteiger partial charge in [-0.1, -0.05) is 0 Å². The molecule has 0 unspecified atom stereocenters. The monoisotopic (exact) mass is 307 g/mol. The van der Waals surface area contributed by atoms with Crippen LogP contribution in [0.25, 0.3) is 0 Å². The maximum absolute atomic E-state index is 13.7. The number of piperidine rings is 2. The van der Waals surface area contributed by atoms with Crippen LogP contribution < -0.4 is 5.32 Å². The maximum atomic E-state index is 13.7. The summed E-state index contributed by atoms with van der Waals surface area (Å²) in [5.74, 6) is -1.37. The predicted molar refractivity (Wildman–Crippen MR) is 75.4 cm³/mol. The van der Waals surface area contributed by atoms with Crippen molar-refractivity contribution in [3.8, 4) is 0 Å². The van der Waals surface area contributed by atoms with Gasteiger partial charge in [-0.3, -0.25) is 14.6 Å². The Hall–Kier alpha value is -2.02. The zero-order valence-electron chi connectivity index (χ0n) is 12.1. The minimum atomic E-state index is -0.977. The molecule has 7 heteroatoms. The number of carbonyl (C=O) groups excluding carboxylic acids is 2. The lowest BCUT2D eigenvalue weighted by Gasteiger charge is -2.46. The van der Waals surface area contributed by atoms with Crippen molar-refractivity contribution in [2.45, 2.75) is 25.4 Å². The van der Waals surface area contributed by atoms with E-state index in [1.165, 1.54) is 17.2 Å². The fourth-order valence-corrected chi connectivity index (χ4v) is 3.34. The van der Waals surface area contributed by atoms with E-state index in [1.54, 1.807) is 0 Å². The molecule has 6 nitrogen and oxygen atoms in total. The van der Waals surface area contributed by atoms with Crippen molar-refractivity contribution < 1.29 is 19.1 Å². The molecule has 0 aliphatic carbocycles. The van der Waals surface area contributed by atoms with Gasteiger partial charge in [-0.25, -0.2) is 4.39 Å². The van der Waals surface area contributed by atoms with Crippen molar-refractivity contribution in [1.82, 2.24) is 15.2 Å². The third-order valence-corrected chi connectivity index (χ3v) is 4.61. The largest absolute Gasteiger partial charge is 0.392 e. The van der Waals surface area contributed by atoms with Gasteiger partial charge in [0.05, 0.1) is 23.3 Å². The number of amides is 2. The normalized spacial score (nSPS) is 28.5. The number of halogens is 1. The lowest BCUT2D eigenvalue weighted by molar-refractivity contribution is -0.147. The summed E-state index contributed by atoms with van der Waals surface area (Å²) < 4.78 is 13.7. The summed E-state index contributed by atoms with van der Waals surface area (Å²) in [6, 6.07) is 1.33. The summed E-state index contributed by atoms with van der Waals surface area (Å²) in [6.07, 6.45) is 3.18. The fourth-order valence-electron chi connectivity index (χ4n) is 3.34.